The average molecular weight is 279 g/mol. The molecule has 0 spiro atoms. The van der Waals surface area contributed by atoms with Crippen LogP contribution in [-0.2, 0) is 4.74 Å². The van der Waals surface area contributed by atoms with Crippen molar-refractivity contribution < 1.29 is 9.53 Å². The largest absolute Gasteiger partial charge is 0.378 e. The molecule has 19 heavy (non-hydrogen) atoms. The summed E-state index contributed by atoms with van der Waals surface area (Å²) in [5.41, 5.74) is 0.724. The third-order valence-electron chi connectivity index (χ3n) is 3.38. The molecule has 1 N–H and O–H groups in total. The van der Waals surface area contributed by atoms with Crippen molar-refractivity contribution in [1.82, 2.24) is 5.32 Å². The van der Waals surface area contributed by atoms with Gasteiger partial charge in [-0.25, -0.2) is 0 Å². The Labute approximate surface area is 119 Å². The van der Waals surface area contributed by atoms with Crippen LogP contribution in [0.2, 0.25) is 0 Å². The van der Waals surface area contributed by atoms with Gasteiger partial charge in [-0.1, -0.05) is 0 Å². The molecule has 1 saturated heterocycles. The molecule has 0 bridgehead atoms. The summed E-state index contributed by atoms with van der Waals surface area (Å²) in [7, 11) is 0. The number of amides is 1. The number of hydrogen-bond donors (Lipinski definition) is 1. The van der Waals surface area contributed by atoms with E-state index in [1.807, 2.05) is 30.5 Å². The fourth-order valence-electron chi connectivity index (χ4n) is 2.23. The van der Waals surface area contributed by atoms with Crippen LogP contribution < -0.4 is 5.32 Å². The molecule has 2 rings (SSSR count). The second-order valence-electron chi connectivity index (χ2n) is 4.76. The monoisotopic (exact) mass is 279 g/mol. The maximum atomic E-state index is 11.9. The first-order valence-corrected chi connectivity index (χ1v) is 8.06. The van der Waals surface area contributed by atoms with Crippen molar-refractivity contribution in [3.05, 3.63) is 29.8 Å². The van der Waals surface area contributed by atoms with Crippen LogP contribution in [0.1, 0.15) is 36.0 Å². The number of ether oxygens (including phenoxy) is 1. The van der Waals surface area contributed by atoms with Crippen molar-refractivity contribution in [3.63, 3.8) is 0 Å². The van der Waals surface area contributed by atoms with Crippen LogP contribution >= 0.6 is 11.8 Å². The minimum absolute atomic E-state index is 0.00321. The van der Waals surface area contributed by atoms with Crippen molar-refractivity contribution >= 4 is 17.7 Å². The Bertz CT molecular complexity index is 399. The molecule has 1 amide bonds. The molecule has 1 heterocycles. The Morgan fingerprint density at radius 3 is 2.79 bits per heavy atom. The van der Waals surface area contributed by atoms with Crippen LogP contribution in [0.4, 0.5) is 0 Å². The fourth-order valence-corrected chi connectivity index (χ4v) is 2.63. The number of rotatable bonds is 5. The molecule has 1 aliphatic rings. The van der Waals surface area contributed by atoms with E-state index in [0.29, 0.717) is 12.6 Å². The van der Waals surface area contributed by atoms with Gasteiger partial charge in [0.1, 0.15) is 0 Å². The van der Waals surface area contributed by atoms with Gasteiger partial charge in [-0.3, -0.25) is 4.79 Å². The quantitative estimate of drug-likeness (QED) is 0.842. The van der Waals surface area contributed by atoms with E-state index in [1.54, 1.807) is 11.8 Å². The van der Waals surface area contributed by atoms with Crippen LogP contribution in [0.15, 0.2) is 29.2 Å². The number of carbonyl (C=O) groups excluding carboxylic acids is 1. The summed E-state index contributed by atoms with van der Waals surface area (Å²) in [5.74, 6) is 0.00321. The highest BCUT2D eigenvalue weighted by Crippen LogP contribution is 2.16. The zero-order valence-electron chi connectivity index (χ0n) is 11.4. The van der Waals surface area contributed by atoms with Crippen LogP contribution in [0.3, 0.4) is 0 Å². The van der Waals surface area contributed by atoms with Crippen molar-refractivity contribution in [3.8, 4) is 0 Å². The molecule has 3 nitrogen and oxygen atoms in total. The summed E-state index contributed by atoms with van der Waals surface area (Å²) in [6, 6.07) is 7.70. The summed E-state index contributed by atoms with van der Waals surface area (Å²) in [6.45, 7) is 1.56. The molecule has 1 aliphatic heterocycles. The molecular weight excluding hydrogens is 258 g/mol. The lowest BCUT2D eigenvalue weighted by Crippen LogP contribution is -2.29. The van der Waals surface area contributed by atoms with Crippen molar-refractivity contribution in [2.75, 3.05) is 19.4 Å². The van der Waals surface area contributed by atoms with E-state index < -0.39 is 0 Å². The van der Waals surface area contributed by atoms with Gasteiger partial charge in [0.2, 0.25) is 0 Å². The number of carbonyl (C=O) groups is 1. The van der Waals surface area contributed by atoms with E-state index in [0.717, 1.165) is 25.0 Å². The average Bonchev–Trinajstić information content (AvgIpc) is 2.48. The van der Waals surface area contributed by atoms with E-state index >= 15 is 0 Å². The lowest BCUT2D eigenvalue weighted by Gasteiger charge is -2.22. The van der Waals surface area contributed by atoms with E-state index in [4.69, 9.17) is 4.74 Å². The first-order valence-electron chi connectivity index (χ1n) is 6.83. The predicted molar refractivity (Wildman–Crippen MR) is 78.8 cm³/mol. The van der Waals surface area contributed by atoms with E-state index in [-0.39, 0.29) is 5.91 Å². The molecule has 0 unspecified atom stereocenters. The second-order valence-corrected chi connectivity index (χ2v) is 5.64. The van der Waals surface area contributed by atoms with Crippen molar-refractivity contribution in [1.29, 1.82) is 0 Å². The highest BCUT2D eigenvalue weighted by atomic mass is 32.2. The zero-order valence-corrected chi connectivity index (χ0v) is 12.2. The van der Waals surface area contributed by atoms with Gasteiger partial charge >= 0.3 is 0 Å². The standard InChI is InChI=1S/C15H21NO2S/c1-19-14-7-5-12(6-8-14)15(17)16-10-9-13-4-2-3-11-18-13/h5-8,13H,2-4,9-11H2,1H3,(H,16,17)/t13-/m1/s1. The molecule has 0 radical (unpaired) electrons. The first kappa shape index (κ1) is 14.4. The van der Waals surface area contributed by atoms with Crippen LogP contribution in [-0.4, -0.2) is 31.4 Å². The number of benzene rings is 1. The summed E-state index contributed by atoms with van der Waals surface area (Å²) in [6.07, 6.45) is 6.80. The Morgan fingerprint density at radius 2 is 2.16 bits per heavy atom. The van der Waals surface area contributed by atoms with Gasteiger partial charge in [0.25, 0.3) is 5.91 Å². The molecule has 1 aromatic rings. The van der Waals surface area contributed by atoms with Gasteiger partial charge in [0.05, 0.1) is 6.10 Å². The van der Waals surface area contributed by atoms with Crippen molar-refractivity contribution in [2.45, 2.75) is 36.7 Å². The van der Waals surface area contributed by atoms with Crippen LogP contribution in [0.5, 0.6) is 0 Å². The Morgan fingerprint density at radius 1 is 1.37 bits per heavy atom. The molecule has 0 saturated carbocycles. The normalized spacial score (nSPS) is 19.1. The van der Waals surface area contributed by atoms with E-state index in [9.17, 15) is 4.79 Å². The number of nitrogens with one attached hydrogen (secondary N) is 1. The highest BCUT2D eigenvalue weighted by Gasteiger charge is 2.13. The van der Waals surface area contributed by atoms with Crippen molar-refractivity contribution in [2.24, 2.45) is 0 Å². The molecule has 1 fully saturated rings. The lowest BCUT2D eigenvalue weighted by atomic mass is 10.1. The topological polar surface area (TPSA) is 38.3 Å². The molecule has 1 aromatic carbocycles. The van der Waals surface area contributed by atoms with E-state index in [1.165, 1.54) is 17.7 Å². The predicted octanol–water partition coefficient (Wildman–Crippen LogP) is 3.10. The minimum Gasteiger partial charge on any atom is -0.378 e. The third-order valence-corrected chi connectivity index (χ3v) is 4.12. The molecule has 0 aromatic heterocycles. The summed E-state index contributed by atoms with van der Waals surface area (Å²) in [4.78, 5) is 13.1. The number of hydrogen-bond acceptors (Lipinski definition) is 3. The Kier molecular flexibility index (Phi) is 5.73. The molecule has 104 valence electrons. The minimum atomic E-state index is 0.00321. The van der Waals surface area contributed by atoms with Gasteiger partial charge in [-0.15, -0.1) is 11.8 Å². The zero-order chi connectivity index (χ0) is 13.5. The summed E-state index contributed by atoms with van der Waals surface area (Å²) >= 11 is 1.68. The Hall–Kier alpha value is -1.00. The molecule has 1 atom stereocenters. The van der Waals surface area contributed by atoms with Gasteiger partial charge in [-0.2, -0.15) is 0 Å². The Balaban J connectivity index is 1.73. The molecule has 0 aliphatic carbocycles. The van der Waals surface area contributed by atoms with Gasteiger partial charge in [0.15, 0.2) is 0 Å². The van der Waals surface area contributed by atoms with Gasteiger partial charge in [-0.05, 0) is 56.2 Å². The second kappa shape index (κ2) is 7.56. The summed E-state index contributed by atoms with van der Waals surface area (Å²) < 4.78 is 5.64. The molecule has 4 heteroatoms. The maximum absolute atomic E-state index is 11.9. The maximum Gasteiger partial charge on any atom is 0.251 e. The fraction of sp³-hybridized carbons (Fsp3) is 0.533. The van der Waals surface area contributed by atoms with E-state index in [2.05, 4.69) is 5.32 Å². The highest BCUT2D eigenvalue weighted by molar-refractivity contribution is 7.98. The SMILES string of the molecule is CSc1ccc(C(=O)NCC[C@H]2CCCCO2)cc1. The molecular formula is C15H21NO2S. The first-order chi connectivity index (χ1) is 9.29. The van der Waals surface area contributed by atoms with Crippen LogP contribution in [0.25, 0.3) is 0 Å². The third kappa shape index (κ3) is 4.55. The van der Waals surface area contributed by atoms with Gasteiger partial charge < -0.3 is 10.1 Å². The lowest BCUT2D eigenvalue weighted by molar-refractivity contribution is 0.0117. The van der Waals surface area contributed by atoms with Crippen LogP contribution in [0, 0.1) is 0 Å². The summed E-state index contributed by atoms with van der Waals surface area (Å²) in [5, 5.41) is 2.96. The number of thioether (sulfide) groups is 1. The smallest absolute Gasteiger partial charge is 0.251 e. The van der Waals surface area contributed by atoms with Gasteiger partial charge in [0, 0.05) is 23.6 Å².